The highest BCUT2D eigenvalue weighted by Gasteiger charge is 2.14. The summed E-state index contributed by atoms with van der Waals surface area (Å²) in [7, 11) is 1.82. The first kappa shape index (κ1) is 14.6. The smallest absolute Gasteiger partial charge is 0.260 e. The van der Waals surface area contributed by atoms with Gasteiger partial charge in [-0.3, -0.25) is 4.79 Å². The van der Waals surface area contributed by atoms with Gasteiger partial charge in [0.15, 0.2) is 6.61 Å². The van der Waals surface area contributed by atoms with Gasteiger partial charge in [-0.15, -0.1) is 0 Å². The Morgan fingerprint density at radius 3 is 2.61 bits per heavy atom. The molecule has 1 atom stereocenters. The van der Waals surface area contributed by atoms with Gasteiger partial charge in [-0.1, -0.05) is 32.0 Å². The van der Waals surface area contributed by atoms with Gasteiger partial charge in [-0.2, -0.15) is 0 Å². The van der Waals surface area contributed by atoms with Crippen molar-refractivity contribution in [3.8, 4) is 5.75 Å². The predicted octanol–water partition coefficient (Wildman–Crippen LogP) is 2.88. The van der Waals surface area contributed by atoms with Gasteiger partial charge in [0, 0.05) is 13.1 Å². The fraction of sp³-hybridized carbons (Fsp3) is 0.533. The number of rotatable bonds is 6. The fourth-order valence-corrected chi connectivity index (χ4v) is 1.70. The maximum atomic E-state index is 11.9. The first-order valence-electron chi connectivity index (χ1n) is 6.56. The van der Waals surface area contributed by atoms with Gasteiger partial charge in [0.2, 0.25) is 0 Å². The maximum absolute atomic E-state index is 11.9. The molecular formula is C15H23NO2. The van der Waals surface area contributed by atoms with Crippen LogP contribution in [0.4, 0.5) is 0 Å². The Hall–Kier alpha value is -1.51. The van der Waals surface area contributed by atoms with E-state index in [2.05, 4.69) is 13.8 Å². The van der Waals surface area contributed by atoms with E-state index in [1.165, 1.54) is 0 Å². The summed E-state index contributed by atoms with van der Waals surface area (Å²) in [5.41, 5.74) is 1.14. The molecule has 1 aromatic rings. The highest BCUT2D eigenvalue weighted by atomic mass is 16.5. The Morgan fingerprint density at radius 1 is 1.33 bits per heavy atom. The quantitative estimate of drug-likeness (QED) is 0.776. The molecule has 0 N–H and O–H groups in total. The molecule has 0 saturated heterocycles. The SMILES string of the molecule is CCc1ccccc1OCC(=O)N(C)C(C)CC. The van der Waals surface area contributed by atoms with Crippen molar-refractivity contribution in [3.63, 3.8) is 0 Å². The number of nitrogens with zero attached hydrogens (tertiary/aromatic N) is 1. The molecule has 100 valence electrons. The number of ether oxygens (including phenoxy) is 1. The minimum atomic E-state index is 0.0234. The molecule has 1 aromatic carbocycles. The number of hydrogen-bond donors (Lipinski definition) is 0. The van der Waals surface area contributed by atoms with Crippen LogP contribution in [0.5, 0.6) is 5.75 Å². The lowest BCUT2D eigenvalue weighted by atomic mass is 10.1. The van der Waals surface area contributed by atoms with Crippen LogP contribution in [-0.4, -0.2) is 30.5 Å². The van der Waals surface area contributed by atoms with Crippen molar-refractivity contribution in [2.24, 2.45) is 0 Å². The van der Waals surface area contributed by atoms with Crippen LogP contribution in [0.3, 0.4) is 0 Å². The number of carbonyl (C=O) groups is 1. The Bertz CT molecular complexity index is 390. The van der Waals surface area contributed by atoms with Gasteiger partial charge < -0.3 is 9.64 Å². The van der Waals surface area contributed by atoms with Crippen LogP contribution in [0, 0.1) is 0 Å². The topological polar surface area (TPSA) is 29.5 Å². The second-order valence-electron chi connectivity index (χ2n) is 4.51. The molecule has 1 amide bonds. The average Bonchev–Trinajstić information content (AvgIpc) is 2.43. The number of amides is 1. The molecule has 0 spiro atoms. The van der Waals surface area contributed by atoms with E-state index >= 15 is 0 Å². The second-order valence-corrected chi connectivity index (χ2v) is 4.51. The summed E-state index contributed by atoms with van der Waals surface area (Å²) in [5.74, 6) is 0.834. The molecule has 0 heterocycles. The summed E-state index contributed by atoms with van der Waals surface area (Å²) in [6, 6.07) is 8.10. The molecule has 0 saturated carbocycles. The van der Waals surface area contributed by atoms with Crippen LogP contribution in [0.25, 0.3) is 0 Å². The van der Waals surface area contributed by atoms with Crippen LogP contribution in [0.2, 0.25) is 0 Å². The van der Waals surface area contributed by atoms with Crippen LogP contribution in [-0.2, 0) is 11.2 Å². The highest BCUT2D eigenvalue weighted by molar-refractivity contribution is 5.77. The molecule has 0 fully saturated rings. The zero-order valence-corrected chi connectivity index (χ0v) is 11.8. The highest BCUT2D eigenvalue weighted by Crippen LogP contribution is 2.18. The third-order valence-corrected chi connectivity index (χ3v) is 3.35. The van der Waals surface area contributed by atoms with Crippen molar-refractivity contribution in [2.75, 3.05) is 13.7 Å². The van der Waals surface area contributed by atoms with Gasteiger partial charge in [-0.25, -0.2) is 0 Å². The second kappa shape index (κ2) is 7.04. The minimum Gasteiger partial charge on any atom is -0.483 e. The molecule has 3 nitrogen and oxygen atoms in total. The number of benzene rings is 1. The van der Waals surface area contributed by atoms with Gasteiger partial charge >= 0.3 is 0 Å². The average molecular weight is 249 g/mol. The molecule has 1 rings (SSSR count). The van der Waals surface area contributed by atoms with Crippen LogP contribution >= 0.6 is 0 Å². The lowest BCUT2D eigenvalue weighted by Gasteiger charge is -2.24. The third kappa shape index (κ3) is 3.76. The van der Waals surface area contributed by atoms with E-state index in [9.17, 15) is 4.79 Å². The fourth-order valence-electron chi connectivity index (χ4n) is 1.70. The molecule has 0 aliphatic rings. The molecule has 0 bridgehead atoms. The molecular weight excluding hydrogens is 226 g/mol. The van der Waals surface area contributed by atoms with E-state index in [-0.39, 0.29) is 18.6 Å². The molecule has 3 heteroatoms. The van der Waals surface area contributed by atoms with Crippen molar-refractivity contribution < 1.29 is 9.53 Å². The van der Waals surface area contributed by atoms with Crippen LogP contribution in [0.15, 0.2) is 24.3 Å². The summed E-state index contributed by atoms with van der Waals surface area (Å²) in [6.07, 6.45) is 1.86. The number of hydrogen-bond acceptors (Lipinski definition) is 2. The molecule has 18 heavy (non-hydrogen) atoms. The van der Waals surface area contributed by atoms with Crippen LogP contribution in [0.1, 0.15) is 32.8 Å². The molecule has 0 aliphatic carbocycles. The molecule has 0 aliphatic heterocycles. The van der Waals surface area contributed by atoms with Gasteiger partial charge in [0.1, 0.15) is 5.75 Å². The summed E-state index contributed by atoms with van der Waals surface area (Å²) < 4.78 is 5.61. The Kier molecular flexibility index (Phi) is 5.69. The molecule has 0 radical (unpaired) electrons. The summed E-state index contributed by atoms with van der Waals surface area (Å²) >= 11 is 0. The van der Waals surface area contributed by atoms with Crippen molar-refractivity contribution >= 4 is 5.91 Å². The largest absolute Gasteiger partial charge is 0.483 e. The van der Waals surface area contributed by atoms with E-state index < -0.39 is 0 Å². The van der Waals surface area contributed by atoms with E-state index in [0.717, 1.165) is 24.2 Å². The monoisotopic (exact) mass is 249 g/mol. The zero-order valence-electron chi connectivity index (χ0n) is 11.8. The first-order chi connectivity index (χ1) is 8.60. The Labute approximate surface area is 110 Å². The third-order valence-electron chi connectivity index (χ3n) is 3.35. The summed E-state index contributed by atoms with van der Waals surface area (Å²) in [5, 5.41) is 0. The Morgan fingerprint density at radius 2 is 2.00 bits per heavy atom. The number of likely N-dealkylation sites (N-methyl/N-ethyl adjacent to an activating group) is 1. The predicted molar refractivity (Wildman–Crippen MR) is 73.8 cm³/mol. The lowest BCUT2D eigenvalue weighted by Crippen LogP contribution is -2.37. The van der Waals surface area contributed by atoms with E-state index in [1.807, 2.05) is 38.2 Å². The van der Waals surface area contributed by atoms with Crippen molar-refractivity contribution in [1.29, 1.82) is 0 Å². The maximum Gasteiger partial charge on any atom is 0.260 e. The van der Waals surface area contributed by atoms with Gasteiger partial charge in [-0.05, 0) is 31.4 Å². The number of carbonyl (C=O) groups excluding carboxylic acids is 1. The summed E-state index contributed by atoms with van der Waals surface area (Å²) in [4.78, 5) is 13.7. The van der Waals surface area contributed by atoms with Crippen LogP contribution < -0.4 is 4.74 Å². The summed E-state index contributed by atoms with van der Waals surface area (Å²) in [6.45, 7) is 6.30. The molecule has 0 aromatic heterocycles. The number of para-hydroxylation sites is 1. The molecule has 1 unspecified atom stereocenters. The minimum absolute atomic E-state index is 0.0234. The van der Waals surface area contributed by atoms with E-state index in [4.69, 9.17) is 4.74 Å². The van der Waals surface area contributed by atoms with E-state index in [1.54, 1.807) is 4.90 Å². The zero-order chi connectivity index (χ0) is 13.5. The van der Waals surface area contributed by atoms with Crippen molar-refractivity contribution in [1.82, 2.24) is 4.90 Å². The van der Waals surface area contributed by atoms with E-state index in [0.29, 0.717) is 0 Å². The standard InChI is InChI=1S/C15H23NO2/c1-5-12(3)16(4)15(17)11-18-14-10-8-7-9-13(14)6-2/h7-10,12H,5-6,11H2,1-4H3. The Balaban J connectivity index is 2.57. The van der Waals surface area contributed by atoms with Gasteiger partial charge in [0.05, 0.1) is 0 Å². The number of aryl methyl sites for hydroxylation is 1. The normalized spacial score (nSPS) is 12.0. The van der Waals surface area contributed by atoms with Gasteiger partial charge in [0.25, 0.3) is 5.91 Å². The lowest BCUT2D eigenvalue weighted by molar-refractivity contribution is -0.133. The van der Waals surface area contributed by atoms with Crippen molar-refractivity contribution in [2.45, 2.75) is 39.7 Å². The first-order valence-corrected chi connectivity index (χ1v) is 6.56. The van der Waals surface area contributed by atoms with Crippen molar-refractivity contribution in [3.05, 3.63) is 29.8 Å².